The second kappa shape index (κ2) is 6.99. The first-order chi connectivity index (χ1) is 11.8. The lowest BCUT2D eigenvalue weighted by Crippen LogP contribution is -2.17. The van der Waals surface area contributed by atoms with Crippen LogP contribution in [-0.4, -0.2) is 20.6 Å². The van der Waals surface area contributed by atoms with Gasteiger partial charge in [0.1, 0.15) is 4.90 Å². The van der Waals surface area contributed by atoms with Crippen molar-refractivity contribution >= 4 is 37.4 Å². The third-order valence-electron chi connectivity index (χ3n) is 3.48. The van der Waals surface area contributed by atoms with Gasteiger partial charge in [0.05, 0.1) is 11.1 Å². The van der Waals surface area contributed by atoms with Crippen molar-refractivity contribution in [2.45, 2.75) is 18.0 Å². The minimum Gasteiger partial charge on any atom is -0.322 e. The molecular weight excluding hydrogens is 442 g/mol. The number of carbonyl (C=O) groups excluding carboxylic acids is 1. The Morgan fingerprint density at radius 2 is 1.77 bits per heavy atom. The summed E-state index contributed by atoms with van der Waals surface area (Å²) in [6.07, 6.45) is -3.84. The van der Waals surface area contributed by atoms with Crippen LogP contribution in [0.3, 0.4) is 0 Å². The van der Waals surface area contributed by atoms with Crippen LogP contribution in [0.4, 0.5) is 23.2 Å². The highest BCUT2D eigenvalue weighted by Crippen LogP contribution is 2.34. The molecule has 0 bridgehead atoms. The number of nitrogens with one attached hydrogen (secondary N) is 1. The Bertz CT molecular complexity index is 988. The quantitative estimate of drug-likeness (QED) is 0.692. The molecule has 1 amide bonds. The van der Waals surface area contributed by atoms with Crippen LogP contribution in [0.1, 0.15) is 21.5 Å². The van der Waals surface area contributed by atoms with E-state index in [9.17, 15) is 30.8 Å². The molecule has 26 heavy (non-hydrogen) atoms. The van der Waals surface area contributed by atoms with Crippen molar-refractivity contribution in [1.82, 2.24) is 0 Å². The SMILES string of the molecule is Cc1ccc(NC(=O)c2c(Br)ccc(S(C)(=O)=O)c2F)cc1C(F)(F)F. The average Bonchev–Trinajstić information content (AvgIpc) is 2.46. The molecular formula is C16H12BrF4NO3S. The Kier molecular flexibility index (Phi) is 5.48. The second-order valence-corrected chi connectivity index (χ2v) is 8.33. The number of hydrogen-bond donors (Lipinski definition) is 1. The molecule has 0 aliphatic heterocycles. The van der Waals surface area contributed by atoms with Crippen molar-refractivity contribution in [3.8, 4) is 0 Å². The third-order valence-corrected chi connectivity index (χ3v) is 5.26. The van der Waals surface area contributed by atoms with Crippen molar-refractivity contribution in [1.29, 1.82) is 0 Å². The highest BCUT2D eigenvalue weighted by atomic mass is 79.9. The molecule has 0 aliphatic rings. The molecule has 0 fully saturated rings. The lowest BCUT2D eigenvalue weighted by atomic mass is 10.1. The number of aryl methyl sites for hydroxylation is 1. The molecule has 2 aromatic carbocycles. The van der Waals surface area contributed by atoms with Gasteiger partial charge in [-0.05, 0) is 52.7 Å². The average molecular weight is 454 g/mol. The molecule has 0 radical (unpaired) electrons. The van der Waals surface area contributed by atoms with Crippen molar-refractivity contribution in [3.05, 3.63) is 57.3 Å². The molecule has 0 aromatic heterocycles. The van der Waals surface area contributed by atoms with Crippen LogP contribution < -0.4 is 5.32 Å². The molecule has 2 aromatic rings. The van der Waals surface area contributed by atoms with Gasteiger partial charge in [-0.1, -0.05) is 6.07 Å². The Morgan fingerprint density at radius 3 is 2.31 bits per heavy atom. The Morgan fingerprint density at radius 1 is 1.15 bits per heavy atom. The summed E-state index contributed by atoms with van der Waals surface area (Å²) in [5.74, 6) is -2.38. The molecule has 0 saturated heterocycles. The number of benzene rings is 2. The van der Waals surface area contributed by atoms with Gasteiger partial charge in [0.25, 0.3) is 5.91 Å². The second-order valence-electron chi connectivity index (χ2n) is 5.49. The minimum absolute atomic E-state index is 0.0388. The highest BCUT2D eigenvalue weighted by molar-refractivity contribution is 9.10. The molecule has 0 atom stereocenters. The number of hydrogen-bond acceptors (Lipinski definition) is 3. The summed E-state index contributed by atoms with van der Waals surface area (Å²) >= 11 is 2.94. The molecule has 0 unspecified atom stereocenters. The van der Waals surface area contributed by atoms with Gasteiger partial charge < -0.3 is 5.32 Å². The fourth-order valence-electron chi connectivity index (χ4n) is 2.23. The van der Waals surface area contributed by atoms with E-state index in [-0.39, 0.29) is 15.7 Å². The first-order valence-electron chi connectivity index (χ1n) is 6.99. The first kappa shape index (κ1) is 20.4. The normalized spacial score (nSPS) is 12.1. The van der Waals surface area contributed by atoms with E-state index in [0.717, 1.165) is 24.5 Å². The molecule has 140 valence electrons. The molecule has 0 aliphatic carbocycles. The van der Waals surface area contributed by atoms with Gasteiger partial charge in [-0.3, -0.25) is 4.79 Å². The van der Waals surface area contributed by atoms with Crippen LogP contribution in [-0.2, 0) is 16.0 Å². The maximum Gasteiger partial charge on any atom is 0.416 e. The molecule has 0 heterocycles. The first-order valence-corrected chi connectivity index (χ1v) is 9.68. The van der Waals surface area contributed by atoms with Crippen molar-refractivity contribution in [2.75, 3.05) is 11.6 Å². The fourth-order valence-corrected chi connectivity index (χ4v) is 3.46. The topological polar surface area (TPSA) is 63.2 Å². The predicted molar refractivity (Wildman–Crippen MR) is 91.3 cm³/mol. The lowest BCUT2D eigenvalue weighted by molar-refractivity contribution is -0.138. The molecule has 0 spiro atoms. The predicted octanol–water partition coefficient (Wildman–Crippen LogP) is 4.57. The number of rotatable bonds is 3. The maximum absolute atomic E-state index is 14.5. The van der Waals surface area contributed by atoms with Crippen LogP contribution in [0.15, 0.2) is 39.7 Å². The number of alkyl halides is 3. The van der Waals surface area contributed by atoms with E-state index in [0.29, 0.717) is 0 Å². The summed E-state index contributed by atoms with van der Waals surface area (Å²) in [5, 5.41) is 2.15. The number of sulfone groups is 1. The summed E-state index contributed by atoms with van der Waals surface area (Å²) in [5.41, 5.74) is -1.81. The largest absolute Gasteiger partial charge is 0.416 e. The standard InChI is InChI=1S/C16H12BrF4NO3S/c1-8-3-4-9(7-10(8)16(19,20)21)22-15(23)13-11(17)5-6-12(14(13)18)26(2,24)25/h3-7H,1-2H3,(H,22,23). The van der Waals surface area contributed by atoms with Gasteiger partial charge in [0.2, 0.25) is 0 Å². The van der Waals surface area contributed by atoms with Crippen molar-refractivity contribution in [2.24, 2.45) is 0 Å². The maximum atomic E-state index is 14.5. The zero-order valence-electron chi connectivity index (χ0n) is 13.4. The molecule has 0 saturated carbocycles. The summed E-state index contributed by atoms with van der Waals surface area (Å²) < 4.78 is 76.4. The van der Waals surface area contributed by atoms with Gasteiger partial charge in [0.15, 0.2) is 15.7 Å². The summed E-state index contributed by atoms with van der Waals surface area (Å²) in [6, 6.07) is 5.27. The van der Waals surface area contributed by atoms with E-state index in [1.807, 2.05) is 0 Å². The third kappa shape index (κ3) is 4.24. The minimum atomic E-state index is -4.62. The molecule has 4 nitrogen and oxygen atoms in total. The van der Waals surface area contributed by atoms with E-state index >= 15 is 0 Å². The van der Waals surface area contributed by atoms with E-state index in [1.54, 1.807) is 0 Å². The number of anilines is 1. The van der Waals surface area contributed by atoms with Crippen molar-refractivity contribution < 1.29 is 30.8 Å². The highest BCUT2D eigenvalue weighted by Gasteiger charge is 2.33. The van der Waals surface area contributed by atoms with Crippen LogP contribution >= 0.6 is 15.9 Å². The van der Waals surface area contributed by atoms with Gasteiger partial charge in [-0.2, -0.15) is 13.2 Å². The van der Waals surface area contributed by atoms with Gasteiger partial charge >= 0.3 is 6.18 Å². The lowest BCUT2D eigenvalue weighted by Gasteiger charge is -2.14. The zero-order chi connectivity index (χ0) is 19.9. The van der Waals surface area contributed by atoms with E-state index in [4.69, 9.17) is 0 Å². The molecule has 2 rings (SSSR count). The fraction of sp³-hybridized carbons (Fsp3) is 0.188. The Labute approximate surface area is 155 Å². The summed E-state index contributed by atoms with van der Waals surface area (Å²) in [6.45, 7) is 1.26. The van der Waals surface area contributed by atoms with Crippen LogP contribution in [0.2, 0.25) is 0 Å². The van der Waals surface area contributed by atoms with Gasteiger partial charge in [-0.15, -0.1) is 0 Å². The number of carbonyl (C=O) groups is 1. The smallest absolute Gasteiger partial charge is 0.322 e. The van der Waals surface area contributed by atoms with Gasteiger partial charge in [-0.25, -0.2) is 12.8 Å². The summed E-state index contributed by atoms with van der Waals surface area (Å²) in [7, 11) is -3.94. The van der Waals surface area contributed by atoms with Crippen LogP contribution in [0, 0.1) is 12.7 Å². The molecule has 1 N–H and O–H groups in total. The van der Waals surface area contributed by atoms with Crippen molar-refractivity contribution in [3.63, 3.8) is 0 Å². The Hall–Kier alpha value is -1.94. The molecule has 10 heteroatoms. The van der Waals surface area contributed by atoms with E-state index < -0.39 is 43.8 Å². The number of amides is 1. The van der Waals surface area contributed by atoms with E-state index in [2.05, 4.69) is 21.2 Å². The van der Waals surface area contributed by atoms with E-state index in [1.165, 1.54) is 19.1 Å². The monoisotopic (exact) mass is 453 g/mol. The Balaban J connectivity index is 2.47. The van der Waals surface area contributed by atoms with Crippen LogP contribution in [0.25, 0.3) is 0 Å². The van der Waals surface area contributed by atoms with Crippen LogP contribution in [0.5, 0.6) is 0 Å². The van der Waals surface area contributed by atoms with Gasteiger partial charge in [0, 0.05) is 16.4 Å². The number of halogens is 5. The summed E-state index contributed by atoms with van der Waals surface area (Å²) in [4.78, 5) is 11.6. The zero-order valence-corrected chi connectivity index (χ0v) is 15.8.